The molecule has 2 atom stereocenters. The zero-order valence-corrected chi connectivity index (χ0v) is 40.6. The summed E-state index contributed by atoms with van der Waals surface area (Å²) in [6.45, 7) is 33.4. The highest BCUT2D eigenvalue weighted by Crippen LogP contribution is 2.37. The molecular weight excluding hydrogens is 783 g/mol. The Morgan fingerprint density at radius 2 is 0.937 bits per heavy atom. The van der Waals surface area contributed by atoms with Gasteiger partial charge in [-0.2, -0.15) is 0 Å². The third kappa shape index (κ3) is 18.9. The van der Waals surface area contributed by atoms with Crippen molar-refractivity contribution in [2.75, 3.05) is 32.7 Å². The topological polar surface area (TPSA) is 96.7 Å². The van der Waals surface area contributed by atoms with Crippen LogP contribution in [-0.2, 0) is 18.0 Å². The molecule has 0 amide bonds. The SMILES string of the molecule is C.CC(C)C(=O)Oc1ccc(CO)cc1[C@@H](CCN(C(C)C)C(C)C)c1ccccc1.CC(C)N(CC[C@@H](c1ccccc1)c1cc(CO)ccc1O)C(C)C.CCN(CC)CC. The molecule has 0 radical (unpaired) electrons. The van der Waals surface area contributed by atoms with E-state index in [1.807, 2.05) is 74.5 Å². The van der Waals surface area contributed by atoms with Crippen LogP contribution in [-0.4, -0.2) is 92.9 Å². The summed E-state index contributed by atoms with van der Waals surface area (Å²) in [6.07, 6.45) is 1.81. The van der Waals surface area contributed by atoms with Crippen LogP contribution in [0.25, 0.3) is 0 Å². The highest BCUT2D eigenvalue weighted by molar-refractivity contribution is 5.75. The number of rotatable bonds is 21. The smallest absolute Gasteiger partial charge is 0.313 e. The number of aliphatic hydroxyl groups excluding tert-OH is 2. The maximum Gasteiger partial charge on any atom is 0.313 e. The van der Waals surface area contributed by atoms with E-state index < -0.39 is 0 Å². The van der Waals surface area contributed by atoms with Crippen molar-refractivity contribution in [3.63, 3.8) is 0 Å². The molecule has 0 aliphatic rings. The Morgan fingerprint density at radius 3 is 1.29 bits per heavy atom. The molecule has 0 unspecified atom stereocenters. The highest BCUT2D eigenvalue weighted by Gasteiger charge is 2.25. The Kier molecular flexibility index (Phi) is 27.3. The van der Waals surface area contributed by atoms with Crippen LogP contribution in [0.15, 0.2) is 97.1 Å². The first-order valence-corrected chi connectivity index (χ1v) is 23.2. The average Bonchev–Trinajstić information content (AvgIpc) is 3.25. The lowest BCUT2D eigenvalue weighted by atomic mass is 9.86. The van der Waals surface area contributed by atoms with Crippen molar-refractivity contribution in [3.05, 3.63) is 130 Å². The summed E-state index contributed by atoms with van der Waals surface area (Å²) >= 11 is 0. The Balaban J connectivity index is 0.000000545. The predicted molar refractivity (Wildman–Crippen MR) is 267 cm³/mol. The minimum atomic E-state index is -0.245. The second kappa shape index (κ2) is 30.2. The lowest BCUT2D eigenvalue weighted by molar-refractivity contribution is -0.137. The largest absolute Gasteiger partial charge is 0.508 e. The number of phenolic OH excluding ortho intramolecular Hbond substituents is 1. The summed E-state index contributed by atoms with van der Waals surface area (Å²) in [6, 6.07) is 33.5. The van der Waals surface area contributed by atoms with Crippen LogP contribution in [0.5, 0.6) is 11.5 Å². The van der Waals surface area contributed by atoms with Crippen molar-refractivity contribution in [1.29, 1.82) is 0 Å². The average molecular weight is 870 g/mol. The molecule has 0 heterocycles. The van der Waals surface area contributed by atoms with E-state index in [0.29, 0.717) is 35.7 Å². The van der Waals surface area contributed by atoms with Crippen molar-refractivity contribution < 1.29 is 24.9 Å². The number of benzene rings is 4. The minimum Gasteiger partial charge on any atom is -0.508 e. The van der Waals surface area contributed by atoms with Crippen molar-refractivity contribution in [2.45, 2.75) is 159 Å². The van der Waals surface area contributed by atoms with Gasteiger partial charge in [0, 0.05) is 47.1 Å². The number of carbonyl (C=O) groups excluding carboxylic acids is 1. The van der Waals surface area contributed by atoms with Crippen LogP contribution in [0.4, 0.5) is 0 Å². The molecule has 4 rings (SSSR count). The molecule has 0 aliphatic heterocycles. The van der Waals surface area contributed by atoms with Crippen molar-refractivity contribution in [3.8, 4) is 11.5 Å². The van der Waals surface area contributed by atoms with Gasteiger partial charge >= 0.3 is 5.97 Å². The van der Waals surface area contributed by atoms with Gasteiger partial charge in [0.15, 0.2) is 0 Å². The maximum atomic E-state index is 12.3. The second-order valence-electron chi connectivity index (χ2n) is 17.6. The number of carbonyl (C=O) groups is 1. The van der Waals surface area contributed by atoms with Crippen LogP contribution in [0.3, 0.4) is 0 Å². The fraction of sp³-hybridized carbons (Fsp3) is 0.545. The molecule has 4 aromatic carbocycles. The van der Waals surface area contributed by atoms with Crippen LogP contribution in [0.1, 0.15) is 155 Å². The molecule has 3 N–H and O–H groups in total. The fourth-order valence-electron chi connectivity index (χ4n) is 8.10. The summed E-state index contributed by atoms with van der Waals surface area (Å²) in [5.41, 5.74) is 5.87. The number of phenols is 1. The Labute approximate surface area is 384 Å². The van der Waals surface area contributed by atoms with Crippen LogP contribution in [0, 0.1) is 5.92 Å². The standard InChI is InChI=1S/C26H37NO3.C22H31NO2.C6H15N.CH4/c1-18(2)26(29)30-25-13-12-21(17-28)16-24(25)23(22-10-8-7-9-11-22)14-15-27(19(3)4)20(5)6;1-16(2)23(17(3)4)13-12-20(19-8-6-5-7-9-19)21-14-18(15-24)10-11-22(21)25;1-4-7(5-2)6-3;/h7-13,16,18-20,23,28H,14-15,17H2,1-6H3;5-11,14,16-17,20,24-25H,12-13,15H2,1-4H3;4-6H2,1-3H3;1H4/t23-;20-;;/m00../s1. The predicted octanol–water partition coefficient (Wildman–Crippen LogP) is 11.9. The molecule has 0 aliphatic carbocycles. The number of nitrogens with zero attached hydrogens (tertiary/aromatic N) is 3. The zero-order chi connectivity index (χ0) is 46.4. The summed E-state index contributed by atoms with van der Waals surface area (Å²) in [4.78, 5) is 19.7. The van der Waals surface area contributed by atoms with Crippen molar-refractivity contribution in [1.82, 2.24) is 14.7 Å². The molecule has 0 spiro atoms. The molecule has 0 saturated carbocycles. The molecule has 0 fully saturated rings. The number of hydrogen-bond acceptors (Lipinski definition) is 8. The van der Waals surface area contributed by atoms with Crippen LogP contribution < -0.4 is 4.74 Å². The summed E-state index contributed by atoms with van der Waals surface area (Å²) in [7, 11) is 0. The Bertz CT molecular complexity index is 1790. The molecule has 0 bridgehead atoms. The first-order valence-electron chi connectivity index (χ1n) is 23.2. The van der Waals surface area contributed by atoms with E-state index in [4.69, 9.17) is 4.74 Å². The lowest BCUT2D eigenvalue weighted by Crippen LogP contribution is -2.38. The number of hydrogen-bond donors (Lipinski definition) is 3. The first-order chi connectivity index (χ1) is 29.5. The van der Waals surface area contributed by atoms with E-state index >= 15 is 0 Å². The highest BCUT2D eigenvalue weighted by atomic mass is 16.5. The molecule has 0 aromatic heterocycles. The minimum absolute atomic E-state index is 0. The van der Waals surface area contributed by atoms with Crippen molar-refractivity contribution >= 4 is 5.97 Å². The normalized spacial score (nSPS) is 12.4. The van der Waals surface area contributed by atoms with Gasteiger partial charge in [0.2, 0.25) is 0 Å². The number of aromatic hydroxyl groups is 1. The van der Waals surface area contributed by atoms with E-state index in [2.05, 4.69) is 115 Å². The maximum absolute atomic E-state index is 12.3. The molecule has 8 nitrogen and oxygen atoms in total. The van der Waals surface area contributed by atoms with Gasteiger partial charge in [-0.1, -0.05) is 115 Å². The van der Waals surface area contributed by atoms with Gasteiger partial charge in [-0.05, 0) is 147 Å². The van der Waals surface area contributed by atoms with E-state index in [1.54, 1.807) is 12.1 Å². The van der Waals surface area contributed by atoms with Gasteiger partial charge in [-0.25, -0.2) is 0 Å². The van der Waals surface area contributed by atoms with Gasteiger partial charge < -0.3 is 25.0 Å². The van der Waals surface area contributed by atoms with E-state index in [-0.39, 0.29) is 44.4 Å². The lowest BCUT2D eigenvalue weighted by Gasteiger charge is -2.32. The molecule has 4 aromatic rings. The summed E-state index contributed by atoms with van der Waals surface area (Å²) in [5, 5.41) is 29.7. The van der Waals surface area contributed by atoms with Crippen LogP contribution >= 0.6 is 0 Å². The van der Waals surface area contributed by atoms with Gasteiger partial charge in [-0.3, -0.25) is 14.6 Å². The monoisotopic (exact) mass is 870 g/mol. The third-order valence-electron chi connectivity index (χ3n) is 11.7. The van der Waals surface area contributed by atoms with Crippen molar-refractivity contribution in [2.24, 2.45) is 5.92 Å². The fourth-order valence-corrected chi connectivity index (χ4v) is 8.10. The van der Waals surface area contributed by atoms with Gasteiger partial charge in [0.25, 0.3) is 0 Å². The van der Waals surface area contributed by atoms with E-state index in [1.165, 1.54) is 30.8 Å². The van der Waals surface area contributed by atoms with Crippen LogP contribution in [0.2, 0.25) is 0 Å². The first kappa shape index (κ1) is 57.0. The second-order valence-corrected chi connectivity index (χ2v) is 17.6. The Hall–Kier alpha value is -4.05. The number of aliphatic hydroxyl groups is 2. The van der Waals surface area contributed by atoms with Gasteiger partial charge in [-0.15, -0.1) is 0 Å². The Morgan fingerprint density at radius 1 is 0.556 bits per heavy atom. The zero-order valence-electron chi connectivity index (χ0n) is 40.6. The number of esters is 1. The summed E-state index contributed by atoms with van der Waals surface area (Å²) in [5.74, 6) is 0.598. The van der Waals surface area contributed by atoms with Gasteiger partial charge in [0.05, 0.1) is 19.1 Å². The molecule has 8 heteroatoms. The van der Waals surface area contributed by atoms with Gasteiger partial charge in [0.1, 0.15) is 11.5 Å². The molecule has 352 valence electrons. The molecule has 0 saturated heterocycles. The quantitative estimate of drug-likeness (QED) is 0.0563. The van der Waals surface area contributed by atoms with E-state index in [0.717, 1.165) is 48.2 Å². The van der Waals surface area contributed by atoms with E-state index in [9.17, 15) is 20.1 Å². The molecule has 63 heavy (non-hydrogen) atoms. The number of ether oxygens (including phenoxy) is 1. The third-order valence-corrected chi connectivity index (χ3v) is 11.7. The molecular formula is C55H87N3O5. The summed E-state index contributed by atoms with van der Waals surface area (Å²) < 4.78 is 5.78.